The van der Waals surface area contributed by atoms with Crippen LogP contribution in [-0.4, -0.2) is 25.7 Å². The molecule has 3 aliphatic rings. The molecular formula is C28H34NO4P. The fraction of sp³-hybridized carbons (Fsp3) is 0.536. The Balaban J connectivity index is 1.57. The number of fused-ring (bicyclic) bond motifs is 7. The van der Waals surface area contributed by atoms with E-state index in [0.29, 0.717) is 13.2 Å². The smallest absolute Gasteiger partial charge is 0.310 e. The number of carbonyl (C=O) groups excluding carboxylic acids is 1. The van der Waals surface area contributed by atoms with Gasteiger partial charge < -0.3 is 13.1 Å². The molecule has 1 aromatic heterocycles. The van der Waals surface area contributed by atoms with E-state index in [1.165, 1.54) is 58.7 Å². The van der Waals surface area contributed by atoms with Gasteiger partial charge in [-0.25, -0.2) is 4.67 Å². The van der Waals surface area contributed by atoms with Crippen molar-refractivity contribution in [3.63, 3.8) is 0 Å². The first kappa shape index (κ1) is 22.2. The van der Waals surface area contributed by atoms with Crippen molar-refractivity contribution in [1.29, 1.82) is 0 Å². The summed E-state index contributed by atoms with van der Waals surface area (Å²) in [5.74, 6) is -0.210. The predicted octanol–water partition coefficient (Wildman–Crippen LogP) is 6.96. The van der Waals surface area contributed by atoms with Crippen LogP contribution in [0.15, 0.2) is 32.7 Å². The fourth-order valence-corrected chi connectivity index (χ4v) is 7.72. The van der Waals surface area contributed by atoms with Gasteiger partial charge in [-0.2, -0.15) is 0 Å². The van der Waals surface area contributed by atoms with Crippen LogP contribution in [0.4, 0.5) is 0 Å². The van der Waals surface area contributed by atoms with Crippen molar-refractivity contribution in [2.45, 2.75) is 71.1 Å². The van der Waals surface area contributed by atoms with E-state index in [1.807, 2.05) is 6.92 Å². The van der Waals surface area contributed by atoms with Gasteiger partial charge in [-0.3, -0.25) is 4.79 Å². The molecule has 1 unspecified atom stereocenters. The summed E-state index contributed by atoms with van der Waals surface area (Å²) in [7, 11) is -1.35. The highest BCUT2D eigenvalue weighted by molar-refractivity contribution is 7.39. The molecule has 2 aromatic carbocycles. The van der Waals surface area contributed by atoms with Crippen LogP contribution in [0.2, 0.25) is 0 Å². The zero-order valence-electron chi connectivity index (χ0n) is 20.1. The standard InChI is InChI=1S/C28H34NO4P/c1-2-31-28(30)21-10-7-17-29(18-21)34-32-24-15-13-19-8-3-5-11-22(19)26(24)27-23-12-6-4-9-20(23)14-16-25(27)33-34/h13-16,21H,2-12,17-18H2,1H3. The number of hydrogen-bond donors (Lipinski definition) is 0. The van der Waals surface area contributed by atoms with Crippen LogP contribution in [0.1, 0.15) is 67.7 Å². The lowest BCUT2D eigenvalue weighted by atomic mass is 9.84. The molecule has 1 saturated heterocycles. The van der Waals surface area contributed by atoms with Crippen LogP contribution in [0.3, 0.4) is 0 Å². The summed E-state index contributed by atoms with van der Waals surface area (Å²) in [4.78, 5) is 12.5. The van der Waals surface area contributed by atoms with Crippen LogP contribution < -0.4 is 4.67 Å². The molecule has 0 spiro atoms. The molecule has 1 aliphatic heterocycles. The number of piperidine rings is 1. The molecule has 2 heterocycles. The van der Waals surface area contributed by atoms with E-state index in [2.05, 4.69) is 28.9 Å². The maximum Gasteiger partial charge on any atom is 0.310 e. The molecule has 1 fully saturated rings. The summed E-state index contributed by atoms with van der Waals surface area (Å²) in [5, 5.41) is 2.57. The van der Waals surface area contributed by atoms with E-state index < -0.39 is 8.16 Å². The van der Waals surface area contributed by atoms with Crippen LogP contribution in [0, 0.1) is 5.92 Å². The summed E-state index contributed by atoms with van der Waals surface area (Å²) >= 11 is 0. The second-order valence-corrected chi connectivity index (χ2v) is 11.4. The quantitative estimate of drug-likeness (QED) is 0.380. The van der Waals surface area contributed by atoms with Gasteiger partial charge in [-0.15, -0.1) is 0 Å². The molecule has 0 amide bonds. The average molecular weight is 480 g/mol. The van der Waals surface area contributed by atoms with E-state index >= 15 is 0 Å². The minimum atomic E-state index is -1.35. The van der Waals surface area contributed by atoms with Gasteiger partial charge in [-0.05, 0) is 106 Å². The summed E-state index contributed by atoms with van der Waals surface area (Å²) in [6.45, 7) is 3.80. The van der Waals surface area contributed by atoms with Crippen molar-refractivity contribution >= 4 is 36.1 Å². The van der Waals surface area contributed by atoms with Crippen LogP contribution in [-0.2, 0) is 35.2 Å². The average Bonchev–Trinajstić information content (AvgIpc) is 3.06. The van der Waals surface area contributed by atoms with E-state index in [4.69, 9.17) is 13.1 Å². The third kappa shape index (κ3) is 3.97. The van der Waals surface area contributed by atoms with Crippen LogP contribution in [0.5, 0.6) is 0 Å². The first-order valence-corrected chi connectivity index (χ1v) is 14.2. The zero-order chi connectivity index (χ0) is 23.1. The zero-order valence-corrected chi connectivity index (χ0v) is 21.0. The number of aryl methyl sites for hydroxylation is 4. The predicted molar refractivity (Wildman–Crippen MR) is 137 cm³/mol. The Bertz CT molecular complexity index is 1200. The monoisotopic (exact) mass is 479 g/mol. The molecule has 1 atom stereocenters. The Morgan fingerprint density at radius 2 is 1.50 bits per heavy atom. The third-order valence-corrected chi connectivity index (χ3v) is 9.37. The normalized spacial score (nSPS) is 20.7. The molecule has 0 saturated carbocycles. The van der Waals surface area contributed by atoms with Crippen molar-refractivity contribution in [3.8, 4) is 0 Å². The van der Waals surface area contributed by atoms with Crippen molar-refractivity contribution in [1.82, 2.24) is 0 Å². The number of esters is 1. The minimum Gasteiger partial charge on any atom is -0.466 e. The van der Waals surface area contributed by atoms with E-state index in [0.717, 1.165) is 56.2 Å². The Morgan fingerprint density at radius 3 is 2.09 bits per heavy atom. The highest BCUT2D eigenvalue weighted by Crippen LogP contribution is 2.44. The number of hydrogen-bond acceptors (Lipinski definition) is 5. The largest absolute Gasteiger partial charge is 0.466 e. The number of benzene rings is 2. The molecule has 6 heteroatoms. The lowest BCUT2D eigenvalue weighted by molar-refractivity contribution is -0.148. The number of carbonyl (C=O) groups is 1. The minimum absolute atomic E-state index is 0.0963. The van der Waals surface area contributed by atoms with Gasteiger partial charge in [0.1, 0.15) is 11.2 Å². The molecule has 0 radical (unpaired) electrons. The van der Waals surface area contributed by atoms with Crippen molar-refractivity contribution in [2.24, 2.45) is 5.92 Å². The second-order valence-electron chi connectivity index (χ2n) is 9.99. The maximum absolute atomic E-state index is 12.5. The van der Waals surface area contributed by atoms with Gasteiger partial charge in [0.2, 0.25) is 0 Å². The second kappa shape index (κ2) is 9.43. The first-order valence-electron chi connectivity index (χ1n) is 13.1. The van der Waals surface area contributed by atoms with Gasteiger partial charge in [0, 0.05) is 23.9 Å². The van der Waals surface area contributed by atoms with E-state index in [-0.39, 0.29) is 11.9 Å². The molecule has 6 rings (SSSR count). The van der Waals surface area contributed by atoms with Crippen LogP contribution in [0.25, 0.3) is 21.9 Å². The molecule has 3 aromatic rings. The summed E-state index contributed by atoms with van der Waals surface area (Å²) in [6.07, 6.45) is 11.3. The topological polar surface area (TPSA) is 55.8 Å². The first-order chi connectivity index (χ1) is 16.7. The van der Waals surface area contributed by atoms with Crippen molar-refractivity contribution in [2.75, 3.05) is 24.4 Å². The van der Waals surface area contributed by atoms with Gasteiger partial charge in [0.15, 0.2) is 0 Å². The Morgan fingerprint density at radius 1 is 0.912 bits per heavy atom. The van der Waals surface area contributed by atoms with E-state index in [9.17, 15) is 4.79 Å². The molecular weight excluding hydrogens is 445 g/mol. The summed E-state index contributed by atoms with van der Waals surface area (Å²) in [5.41, 5.74) is 7.80. The fourth-order valence-electron chi connectivity index (χ4n) is 6.17. The highest BCUT2D eigenvalue weighted by Gasteiger charge is 2.30. The number of rotatable bonds is 3. The molecule has 5 nitrogen and oxygen atoms in total. The van der Waals surface area contributed by atoms with Gasteiger partial charge in [0.25, 0.3) is 0 Å². The molecule has 180 valence electrons. The lowest BCUT2D eigenvalue weighted by Gasteiger charge is -2.28. The maximum atomic E-state index is 12.5. The third-order valence-electron chi connectivity index (χ3n) is 7.84. The Hall–Kier alpha value is -2.23. The number of ether oxygens (including phenoxy) is 1. The van der Waals surface area contributed by atoms with Crippen molar-refractivity contribution < 1.29 is 17.9 Å². The van der Waals surface area contributed by atoms with Crippen LogP contribution >= 0.6 is 8.16 Å². The van der Waals surface area contributed by atoms with Gasteiger partial charge in [-0.1, -0.05) is 12.1 Å². The highest BCUT2D eigenvalue weighted by atomic mass is 31.1. The van der Waals surface area contributed by atoms with Gasteiger partial charge in [0.05, 0.1) is 12.5 Å². The Labute approximate surface area is 202 Å². The van der Waals surface area contributed by atoms with Gasteiger partial charge >= 0.3 is 14.1 Å². The molecule has 34 heavy (non-hydrogen) atoms. The SMILES string of the molecule is CCOC(=O)C1CCCN(p2oc3ccc4c(c3c3c5c(ccc3o2)CCCC5)CCCC4)C1. The van der Waals surface area contributed by atoms with E-state index in [1.54, 1.807) is 0 Å². The molecule has 0 N–H and O–H groups in total. The summed E-state index contributed by atoms with van der Waals surface area (Å²) < 4.78 is 21.1. The molecule has 2 aliphatic carbocycles. The molecule has 0 bridgehead atoms. The number of nitrogens with zero attached hydrogens (tertiary/aromatic N) is 1. The Kier molecular flexibility index (Phi) is 6.17. The summed E-state index contributed by atoms with van der Waals surface area (Å²) in [6, 6.07) is 8.92. The lowest BCUT2D eigenvalue weighted by Crippen LogP contribution is -2.37. The van der Waals surface area contributed by atoms with Crippen molar-refractivity contribution in [3.05, 3.63) is 46.5 Å².